The highest BCUT2D eigenvalue weighted by atomic mass is 32.2. The molecule has 6 atom stereocenters. The number of hydrogen-bond donors (Lipinski definition) is 2. The first kappa shape index (κ1) is 24.1. The van der Waals surface area contributed by atoms with Gasteiger partial charge in [0.2, 0.25) is 15.9 Å². The fraction of sp³-hybridized carbons (Fsp3) is 0.850. The first-order chi connectivity index (χ1) is 14.6. The lowest BCUT2D eigenvalue weighted by molar-refractivity contribution is -0.196. The van der Waals surface area contributed by atoms with Crippen molar-refractivity contribution in [3.05, 3.63) is 0 Å². The molecular formula is C20H33N3O7S. The van der Waals surface area contributed by atoms with E-state index in [0.717, 1.165) is 36.2 Å². The van der Waals surface area contributed by atoms with Crippen molar-refractivity contribution in [3.63, 3.8) is 0 Å². The second kappa shape index (κ2) is 9.93. The molecule has 0 unspecified atom stereocenters. The maximum Gasteiger partial charge on any atom is 0.252 e. The standard InChI is InChI=1S/C20H33N3O7S/c1-12-8-9-14(15(24)10-23(12)31(3,27)28)22-19(25)13(2)21-20(26)18-11-29-16-6-4-5-7-17(16)30-18/h12-14,16-18H,4-11H2,1-3H3,(H,21,26)(H,22,25)/t12-,13+,14+,16-,17-,18-/m1/s1. The Hall–Kier alpha value is -1.56. The minimum Gasteiger partial charge on any atom is -0.372 e. The molecule has 0 aromatic rings. The highest BCUT2D eigenvalue weighted by molar-refractivity contribution is 7.88. The summed E-state index contributed by atoms with van der Waals surface area (Å²) in [4.78, 5) is 37.7. The Labute approximate surface area is 183 Å². The van der Waals surface area contributed by atoms with Crippen LogP contribution in [0.25, 0.3) is 0 Å². The molecule has 10 nitrogen and oxygen atoms in total. The summed E-state index contributed by atoms with van der Waals surface area (Å²) in [6, 6.07) is -2.00. The van der Waals surface area contributed by atoms with Gasteiger partial charge < -0.3 is 20.1 Å². The van der Waals surface area contributed by atoms with Crippen molar-refractivity contribution < 1.29 is 32.3 Å². The average Bonchev–Trinajstić information content (AvgIpc) is 2.86. The lowest BCUT2D eigenvalue weighted by Gasteiger charge is -2.39. The molecule has 3 aliphatic rings. The van der Waals surface area contributed by atoms with E-state index < -0.39 is 40.0 Å². The number of sulfonamides is 1. The molecule has 2 saturated heterocycles. The van der Waals surface area contributed by atoms with E-state index in [1.165, 1.54) is 6.92 Å². The van der Waals surface area contributed by atoms with E-state index in [1.807, 2.05) is 0 Å². The van der Waals surface area contributed by atoms with Gasteiger partial charge in [-0.1, -0.05) is 12.8 Å². The van der Waals surface area contributed by atoms with Crippen molar-refractivity contribution in [2.24, 2.45) is 0 Å². The fourth-order valence-corrected chi connectivity index (χ4v) is 5.53. The van der Waals surface area contributed by atoms with Gasteiger partial charge in [-0.25, -0.2) is 8.42 Å². The largest absolute Gasteiger partial charge is 0.372 e. The number of nitrogens with one attached hydrogen (secondary N) is 2. The molecule has 2 heterocycles. The van der Waals surface area contributed by atoms with Gasteiger partial charge >= 0.3 is 0 Å². The lowest BCUT2D eigenvalue weighted by Crippen LogP contribution is -2.56. The molecule has 0 bridgehead atoms. The number of carbonyl (C=O) groups is 3. The summed E-state index contributed by atoms with van der Waals surface area (Å²) in [5.74, 6) is -1.29. The molecule has 0 spiro atoms. The van der Waals surface area contributed by atoms with E-state index in [2.05, 4.69) is 10.6 Å². The SMILES string of the molecule is C[C@H](NC(=O)[C@H]1CO[C@@H]2CCCC[C@H]2O1)C(=O)N[C@H]1CC[C@@H](C)N(S(C)(=O)=O)CC1=O. The molecule has 176 valence electrons. The van der Waals surface area contributed by atoms with Crippen LogP contribution in [0.4, 0.5) is 0 Å². The zero-order chi connectivity index (χ0) is 22.8. The van der Waals surface area contributed by atoms with Crippen LogP contribution >= 0.6 is 0 Å². The zero-order valence-electron chi connectivity index (χ0n) is 18.3. The van der Waals surface area contributed by atoms with Gasteiger partial charge in [-0.15, -0.1) is 0 Å². The molecule has 31 heavy (non-hydrogen) atoms. The summed E-state index contributed by atoms with van der Waals surface area (Å²) in [6.07, 6.45) is 4.96. The summed E-state index contributed by atoms with van der Waals surface area (Å²) >= 11 is 0. The van der Waals surface area contributed by atoms with Crippen LogP contribution in [0, 0.1) is 0 Å². The lowest BCUT2D eigenvalue weighted by atomic mass is 9.93. The first-order valence-electron chi connectivity index (χ1n) is 10.9. The summed E-state index contributed by atoms with van der Waals surface area (Å²) in [5, 5.41) is 5.29. The van der Waals surface area contributed by atoms with Crippen molar-refractivity contribution in [2.45, 2.75) is 88.8 Å². The molecule has 0 radical (unpaired) electrons. The predicted octanol–water partition coefficient (Wildman–Crippen LogP) is -0.284. The number of ketones is 1. The Balaban J connectivity index is 1.52. The molecule has 2 amide bonds. The molecule has 2 aliphatic heterocycles. The smallest absolute Gasteiger partial charge is 0.252 e. The van der Waals surface area contributed by atoms with Gasteiger partial charge in [0, 0.05) is 6.04 Å². The van der Waals surface area contributed by atoms with Crippen molar-refractivity contribution >= 4 is 27.6 Å². The Morgan fingerprint density at radius 3 is 2.48 bits per heavy atom. The van der Waals surface area contributed by atoms with Crippen molar-refractivity contribution in [1.29, 1.82) is 0 Å². The van der Waals surface area contributed by atoms with Gasteiger partial charge in [0.25, 0.3) is 5.91 Å². The summed E-state index contributed by atoms with van der Waals surface area (Å²) in [6.45, 7) is 3.15. The summed E-state index contributed by atoms with van der Waals surface area (Å²) in [5.41, 5.74) is 0. The van der Waals surface area contributed by atoms with Crippen molar-refractivity contribution in [1.82, 2.24) is 14.9 Å². The third-order valence-corrected chi connectivity index (χ3v) is 7.64. The highest BCUT2D eigenvalue weighted by Gasteiger charge is 2.38. The van der Waals surface area contributed by atoms with Crippen LogP contribution in [0.15, 0.2) is 0 Å². The second-order valence-corrected chi connectivity index (χ2v) is 10.7. The van der Waals surface area contributed by atoms with E-state index in [-0.39, 0.29) is 37.2 Å². The Kier molecular flexibility index (Phi) is 7.72. The van der Waals surface area contributed by atoms with E-state index in [1.54, 1.807) is 6.92 Å². The van der Waals surface area contributed by atoms with Crippen molar-refractivity contribution in [2.75, 3.05) is 19.4 Å². The van der Waals surface area contributed by atoms with Gasteiger partial charge in [-0.05, 0) is 39.5 Å². The quantitative estimate of drug-likeness (QED) is 0.578. The third-order valence-electron chi connectivity index (χ3n) is 6.29. The summed E-state index contributed by atoms with van der Waals surface area (Å²) in [7, 11) is -3.52. The van der Waals surface area contributed by atoms with Crippen LogP contribution in [0.5, 0.6) is 0 Å². The molecule has 11 heteroatoms. The fourth-order valence-electron chi connectivity index (χ4n) is 4.41. The van der Waals surface area contributed by atoms with E-state index in [0.29, 0.717) is 12.8 Å². The minimum atomic E-state index is -3.52. The Morgan fingerprint density at radius 1 is 1.13 bits per heavy atom. The number of nitrogens with zero attached hydrogens (tertiary/aromatic N) is 1. The molecule has 0 aromatic heterocycles. The second-order valence-electron chi connectivity index (χ2n) is 8.81. The average molecular weight is 460 g/mol. The van der Waals surface area contributed by atoms with Gasteiger partial charge in [-0.2, -0.15) is 4.31 Å². The number of rotatable bonds is 5. The van der Waals surface area contributed by atoms with Crippen LogP contribution in [-0.2, 0) is 33.9 Å². The predicted molar refractivity (Wildman–Crippen MR) is 112 cm³/mol. The third kappa shape index (κ3) is 6.03. The molecule has 3 rings (SSSR count). The van der Waals surface area contributed by atoms with Crippen LogP contribution in [0.1, 0.15) is 52.4 Å². The maximum atomic E-state index is 12.6. The highest BCUT2D eigenvalue weighted by Crippen LogP contribution is 2.28. The molecule has 3 fully saturated rings. The van der Waals surface area contributed by atoms with Crippen LogP contribution in [0.3, 0.4) is 0 Å². The molecule has 0 aromatic carbocycles. The van der Waals surface area contributed by atoms with E-state index in [4.69, 9.17) is 9.47 Å². The Morgan fingerprint density at radius 2 is 1.81 bits per heavy atom. The van der Waals surface area contributed by atoms with Gasteiger partial charge in [-0.3, -0.25) is 14.4 Å². The topological polar surface area (TPSA) is 131 Å². The maximum absolute atomic E-state index is 12.6. The summed E-state index contributed by atoms with van der Waals surface area (Å²) < 4.78 is 36.6. The number of carbonyl (C=O) groups excluding carboxylic acids is 3. The van der Waals surface area contributed by atoms with E-state index >= 15 is 0 Å². The zero-order valence-corrected chi connectivity index (χ0v) is 19.2. The normalized spacial score (nSPS) is 33.6. The van der Waals surface area contributed by atoms with Crippen LogP contribution in [-0.4, -0.2) is 86.2 Å². The number of amides is 2. The van der Waals surface area contributed by atoms with Crippen LogP contribution < -0.4 is 10.6 Å². The van der Waals surface area contributed by atoms with Gasteiger partial charge in [0.15, 0.2) is 11.9 Å². The minimum absolute atomic E-state index is 0.0358. The van der Waals surface area contributed by atoms with E-state index in [9.17, 15) is 22.8 Å². The number of ether oxygens (including phenoxy) is 2. The Bertz CT molecular complexity index is 803. The first-order valence-corrected chi connectivity index (χ1v) is 12.8. The molecule has 1 saturated carbocycles. The molecule has 2 N–H and O–H groups in total. The van der Waals surface area contributed by atoms with Gasteiger partial charge in [0.1, 0.15) is 6.04 Å². The van der Waals surface area contributed by atoms with Gasteiger partial charge in [0.05, 0.1) is 37.7 Å². The number of Topliss-reactive ketones (excluding diaryl/α,β-unsaturated/α-hetero) is 1. The monoisotopic (exact) mass is 459 g/mol. The van der Waals surface area contributed by atoms with Crippen molar-refractivity contribution in [3.8, 4) is 0 Å². The number of fused-ring (bicyclic) bond motifs is 1. The number of hydrogen-bond acceptors (Lipinski definition) is 7. The van der Waals surface area contributed by atoms with Crippen LogP contribution in [0.2, 0.25) is 0 Å². The molecular weight excluding hydrogens is 426 g/mol. The molecule has 1 aliphatic carbocycles.